The summed E-state index contributed by atoms with van der Waals surface area (Å²) in [6.45, 7) is 4.55. The molecule has 1 heterocycles. The molecule has 0 aliphatic heterocycles. The van der Waals surface area contributed by atoms with Gasteiger partial charge >= 0.3 is 6.18 Å². The number of para-hydroxylation sites is 1. The summed E-state index contributed by atoms with van der Waals surface area (Å²) in [6.07, 6.45) is -1.86. The van der Waals surface area contributed by atoms with Crippen molar-refractivity contribution >= 4 is 23.1 Å². The maximum atomic E-state index is 13.5. The van der Waals surface area contributed by atoms with Gasteiger partial charge in [-0.15, -0.1) is 0 Å². The molecule has 8 heteroatoms. The summed E-state index contributed by atoms with van der Waals surface area (Å²) in [5, 5.41) is 5.71. The van der Waals surface area contributed by atoms with E-state index in [1.807, 2.05) is 25.1 Å². The highest BCUT2D eigenvalue weighted by Crippen LogP contribution is 2.35. The van der Waals surface area contributed by atoms with Crippen LogP contribution in [-0.2, 0) is 6.18 Å². The number of anilines is 4. The molecule has 2 N–H and O–H groups in total. The lowest BCUT2D eigenvalue weighted by Gasteiger charge is -2.15. The highest BCUT2D eigenvalue weighted by molar-refractivity contribution is 5.64. The van der Waals surface area contributed by atoms with Gasteiger partial charge in [-0.1, -0.05) is 31.5 Å². The van der Waals surface area contributed by atoms with Crippen molar-refractivity contribution in [1.82, 2.24) is 9.97 Å². The number of ether oxygens (including phenoxy) is 1. The van der Waals surface area contributed by atoms with Crippen LogP contribution in [0.15, 0.2) is 54.7 Å². The van der Waals surface area contributed by atoms with Gasteiger partial charge in [0.05, 0.1) is 6.61 Å². The van der Waals surface area contributed by atoms with Crippen molar-refractivity contribution in [2.24, 2.45) is 0 Å². The van der Waals surface area contributed by atoms with Gasteiger partial charge in [0, 0.05) is 17.6 Å². The van der Waals surface area contributed by atoms with Crippen LogP contribution in [0.25, 0.3) is 0 Å². The summed E-state index contributed by atoms with van der Waals surface area (Å²) in [5.41, 5.74) is 1.16. The zero-order chi connectivity index (χ0) is 21.6. The lowest BCUT2D eigenvalue weighted by atomic mass is 10.2. The molecule has 0 aliphatic rings. The molecule has 30 heavy (non-hydrogen) atoms. The Kier molecular flexibility index (Phi) is 6.76. The monoisotopic (exact) mass is 416 g/mol. The van der Waals surface area contributed by atoms with Crippen molar-refractivity contribution in [2.45, 2.75) is 32.9 Å². The van der Waals surface area contributed by atoms with Crippen molar-refractivity contribution in [3.05, 3.63) is 65.9 Å². The van der Waals surface area contributed by atoms with Crippen LogP contribution in [0, 0.1) is 6.92 Å². The first-order valence-electron chi connectivity index (χ1n) is 9.63. The Morgan fingerprint density at radius 3 is 2.40 bits per heavy atom. The molecule has 0 radical (unpaired) electrons. The third-order valence-electron chi connectivity index (χ3n) is 4.37. The van der Waals surface area contributed by atoms with E-state index < -0.39 is 11.7 Å². The molecular weight excluding hydrogens is 393 g/mol. The Hall–Kier alpha value is -3.29. The number of aryl methyl sites for hydroxylation is 1. The summed E-state index contributed by atoms with van der Waals surface area (Å²) in [5.74, 6) is 0.405. The first-order valence-corrected chi connectivity index (χ1v) is 9.63. The number of aromatic nitrogens is 2. The van der Waals surface area contributed by atoms with Crippen molar-refractivity contribution < 1.29 is 17.9 Å². The minimum absolute atomic E-state index is 0.0688. The second-order valence-electron chi connectivity index (χ2n) is 6.74. The maximum absolute atomic E-state index is 13.5. The van der Waals surface area contributed by atoms with Gasteiger partial charge in [-0.3, -0.25) is 0 Å². The number of unbranched alkanes of at least 4 members (excludes halogenated alkanes) is 1. The third-order valence-corrected chi connectivity index (χ3v) is 4.37. The predicted octanol–water partition coefficient (Wildman–Crippen LogP) is 6.47. The SMILES string of the molecule is CCCCOc1ccc(Nc2nc(Nc3ccccc3C)ncc2C(F)(F)F)cc1. The maximum Gasteiger partial charge on any atom is 0.421 e. The van der Waals surface area contributed by atoms with Crippen LogP contribution in [0.5, 0.6) is 5.75 Å². The van der Waals surface area contributed by atoms with Crippen LogP contribution in [0.1, 0.15) is 30.9 Å². The normalized spacial score (nSPS) is 11.2. The molecule has 0 fully saturated rings. The minimum Gasteiger partial charge on any atom is -0.494 e. The lowest BCUT2D eigenvalue weighted by Crippen LogP contribution is -2.12. The summed E-state index contributed by atoms with van der Waals surface area (Å²) >= 11 is 0. The Balaban J connectivity index is 1.83. The number of rotatable bonds is 8. The van der Waals surface area contributed by atoms with Crippen LogP contribution in [-0.4, -0.2) is 16.6 Å². The fourth-order valence-electron chi connectivity index (χ4n) is 2.68. The number of halogens is 3. The van der Waals surface area contributed by atoms with Gasteiger partial charge in [-0.05, 0) is 49.2 Å². The van der Waals surface area contributed by atoms with Crippen molar-refractivity contribution in [2.75, 3.05) is 17.2 Å². The van der Waals surface area contributed by atoms with Gasteiger partial charge in [0.15, 0.2) is 0 Å². The minimum atomic E-state index is -4.59. The van der Waals surface area contributed by atoms with Crippen LogP contribution in [0.4, 0.5) is 36.3 Å². The fraction of sp³-hybridized carbons (Fsp3) is 0.273. The molecule has 0 saturated carbocycles. The molecule has 0 saturated heterocycles. The number of alkyl halides is 3. The zero-order valence-electron chi connectivity index (χ0n) is 16.8. The number of hydrogen-bond acceptors (Lipinski definition) is 5. The largest absolute Gasteiger partial charge is 0.494 e. The second kappa shape index (κ2) is 9.47. The number of hydrogen-bond donors (Lipinski definition) is 2. The van der Waals surface area contributed by atoms with Crippen LogP contribution >= 0.6 is 0 Å². The van der Waals surface area contributed by atoms with E-state index in [0.717, 1.165) is 30.3 Å². The molecule has 3 rings (SSSR count). The number of nitrogens with one attached hydrogen (secondary N) is 2. The van der Waals surface area contributed by atoms with Gasteiger partial charge in [0.1, 0.15) is 17.1 Å². The van der Waals surface area contributed by atoms with E-state index in [4.69, 9.17) is 4.74 Å². The Morgan fingerprint density at radius 2 is 1.73 bits per heavy atom. The van der Waals surface area contributed by atoms with Crippen molar-refractivity contribution in [3.63, 3.8) is 0 Å². The smallest absolute Gasteiger partial charge is 0.421 e. The fourth-order valence-corrected chi connectivity index (χ4v) is 2.68. The van der Waals surface area contributed by atoms with E-state index in [-0.39, 0.29) is 11.8 Å². The van der Waals surface area contributed by atoms with E-state index in [9.17, 15) is 13.2 Å². The van der Waals surface area contributed by atoms with Gasteiger partial charge in [0.25, 0.3) is 0 Å². The molecule has 0 atom stereocenters. The van der Waals surface area contributed by atoms with E-state index in [2.05, 4.69) is 27.5 Å². The predicted molar refractivity (Wildman–Crippen MR) is 112 cm³/mol. The summed E-state index contributed by atoms with van der Waals surface area (Å²) in [7, 11) is 0. The van der Waals surface area contributed by atoms with Crippen LogP contribution < -0.4 is 15.4 Å². The van der Waals surface area contributed by atoms with E-state index in [1.54, 1.807) is 30.3 Å². The highest BCUT2D eigenvalue weighted by Gasteiger charge is 2.35. The zero-order valence-corrected chi connectivity index (χ0v) is 16.8. The summed E-state index contributed by atoms with van der Waals surface area (Å²) in [6, 6.07) is 14.1. The molecule has 0 amide bonds. The summed E-state index contributed by atoms with van der Waals surface area (Å²) in [4.78, 5) is 7.91. The van der Waals surface area contributed by atoms with Gasteiger partial charge < -0.3 is 15.4 Å². The topological polar surface area (TPSA) is 59.1 Å². The molecule has 0 unspecified atom stereocenters. The third kappa shape index (κ3) is 5.62. The molecule has 0 bridgehead atoms. The van der Waals surface area contributed by atoms with Gasteiger partial charge in [0.2, 0.25) is 5.95 Å². The Labute approximate surface area is 173 Å². The molecule has 2 aromatic carbocycles. The average Bonchev–Trinajstić information content (AvgIpc) is 2.71. The van der Waals surface area contributed by atoms with Crippen LogP contribution in [0.2, 0.25) is 0 Å². The molecule has 0 spiro atoms. The Morgan fingerprint density at radius 1 is 1.00 bits per heavy atom. The van der Waals surface area contributed by atoms with E-state index >= 15 is 0 Å². The van der Waals surface area contributed by atoms with Crippen LogP contribution in [0.3, 0.4) is 0 Å². The molecule has 1 aromatic heterocycles. The first kappa shape index (κ1) is 21.4. The summed E-state index contributed by atoms with van der Waals surface area (Å²) < 4.78 is 45.9. The standard InChI is InChI=1S/C22H23F3N4O/c1-3-4-13-30-17-11-9-16(10-12-17)27-20-18(22(23,24)25)14-26-21(29-20)28-19-8-6-5-7-15(19)2/h5-12,14H,3-4,13H2,1-2H3,(H2,26,27,28,29). The molecule has 158 valence electrons. The molecule has 0 aliphatic carbocycles. The molecular formula is C22H23F3N4O. The molecule has 5 nitrogen and oxygen atoms in total. The van der Waals surface area contributed by atoms with Crippen molar-refractivity contribution in [3.8, 4) is 5.75 Å². The van der Waals surface area contributed by atoms with Crippen molar-refractivity contribution in [1.29, 1.82) is 0 Å². The quantitative estimate of drug-likeness (QED) is 0.412. The first-order chi connectivity index (χ1) is 14.4. The van der Waals surface area contributed by atoms with E-state index in [0.29, 0.717) is 18.0 Å². The average molecular weight is 416 g/mol. The van der Waals surface area contributed by atoms with E-state index in [1.165, 1.54) is 0 Å². The van der Waals surface area contributed by atoms with Gasteiger partial charge in [-0.2, -0.15) is 18.2 Å². The Bertz CT molecular complexity index is 975. The lowest BCUT2D eigenvalue weighted by molar-refractivity contribution is -0.137. The highest BCUT2D eigenvalue weighted by atomic mass is 19.4. The second-order valence-corrected chi connectivity index (χ2v) is 6.74. The van der Waals surface area contributed by atoms with Gasteiger partial charge in [-0.25, -0.2) is 4.98 Å². The number of benzene rings is 2. The number of nitrogens with zero attached hydrogens (tertiary/aromatic N) is 2. The molecule has 3 aromatic rings.